The number of hydrogen-bond acceptors (Lipinski definition) is 4. The molecule has 0 aliphatic heterocycles. The molecule has 0 spiro atoms. The Morgan fingerprint density at radius 3 is 2.67 bits per heavy atom. The monoisotopic (exact) mass is 251 g/mol. The van der Waals surface area contributed by atoms with E-state index in [1.54, 1.807) is 6.07 Å². The molecule has 1 aromatic carbocycles. The number of aliphatic hydroxyl groups excluding tert-OH is 1. The molecular formula is C13H21N3O2. The van der Waals surface area contributed by atoms with Crippen molar-refractivity contribution in [2.45, 2.75) is 32.4 Å². The van der Waals surface area contributed by atoms with Gasteiger partial charge in [0.15, 0.2) is 5.84 Å². The Hall–Kier alpha value is -1.59. The van der Waals surface area contributed by atoms with Gasteiger partial charge in [0, 0.05) is 17.6 Å². The number of nitrogens with zero attached hydrogens (tertiary/aromatic N) is 1. The van der Waals surface area contributed by atoms with Crippen molar-refractivity contribution in [1.29, 1.82) is 0 Å². The number of nitrogens with two attached hydrogens (primary N) is 1. The first-order valence-corrected chi connectivity index (χ1v) is 5.98. The standard InChI is InChI=1S/C13H21N3O2/c1-3-13(2,9-17)15-8-10-6-4-5-7-11(10)12(14)16-18/h4-7,15,17-18H,3,8-9H2,1-2H3,(H2,14,16). The molecule has 1 atom stereocenters. The van der Waals surface area contributed by atoms with E-state index in [-0.39, 0.29) is 18.0 Å². The van der Waals surface area contributed by atoms with Gasteiger partial charge in [0.25, 0.3) is 0 Å². The number of hydrogen-bond donors (Lipinski definition) is 4. The van der Waals surface area contributed by atoms with E-state index in [1.807, 2.05) is 32.0 Å². The SMILES string of the molecule is CCC(C)(CO)NCc1ccccc1C(N)=NO. The fourth-order valence-corrected chi connectivity index (χ4v) is 1.58. The Kier molecular flexibility index (Phi) is 5.12. The van der Waals surface area contributed by atoms with Gasteiger partial charge in [-0.05, 0) is 18.9 Å². The summed E-state index contributed by atoms with van der Waals surface area (Å²) in [4.78, 5) is 0. The molecule has 0 aliphatic rings. The molecule has 0 saturated heterocycles. The van der Waals surface area contributed by atoms with E-state index in [4.69, 9.17) is 10.9 Å². The molecule has 5 heteroatoms. The van der Waals surface area contributed by atoms with Crippen LogP contribution in [0.5, 0.6) is 0 Å². The smallest absolute Gasteiger partial charge is 0.170 e. The average Bonchev–Trinajstić information content (AvgIpc) is 2.44. The third kappa shape index (κ3) is 3.45. The highest BCUT2D eigenvalue weighted by molar-refractivity contribution is 5.98. The van der Waals surface area contributed by atoms with Crippen LogP contribution in [0.2, 0.25) is 0 Å². The molecule has 0 bridgehead atoms. The summed E-state index contributed by atoms with van der Waals surface area (Å²) in [6.07, 6.45) is 0.815. The second-order valence-corrected chi connectivity index (χ2v) is 4.57. The van der Waals surface area contributed by atoms with Gasteiger partial charge in [0.1, 0.15) is 0 Å². The summed E-state index contributed by atoms with van der Waals surface area (Å²) in [6.45, 7) is 4.59. The lowest BCUT2D eigenvalue weighted by atomic mass is 9.99. The number of nitrogens with one attached hydrogen (secondary N) is 1. The Morgan fingerprint density at radius 1 is 1.44 bits per heavy atom. The van der Waals surface area contributed by atoms with E-state index < -0.39 is 0 Å². The quantitative estimate of drug-likeness (QED) is 0.263. The van der Waals surface area contributed by atoms with Crippen molar-refractivity contribution in [3.05, 3.63) is 35.4 Å². The summed E-state index contributed by atoms with van der Waals surface area (Å²) < 4.78 is 0. The van der Waals surface area contributed by atoms with Crippen LogP contribution in [0, 0.1) is 0 Å². The fraction of sp³-hybridized carbons (Fsp3) is 0.462. The van der Waals surface area contributed by atoms with E-state index in [1.165, 1.54) is 0 Å². The minimum Gasteiger partial charge on any atom is -0.409 e. The van der Waals surface area contributed by atoms with Crippen LogP contribution in [0.3, 0.4) is 0 Å². The van der Waals surface area contributed by atoms with Crippen molar-refractivity contribution in [3.8, 4) is 0 Å². The van der Waals surface area contributed by atoms with Crippen LogP contribution >= 0.6 is 0 Å². The van der Waals surface area contributed by atoms with Crippen LogP contribution < -0.4 is 11.1 Å². The van der Waals surface area contributed by atoms with Crippen LogP contribution in [0.4, 0.5) is 0 Å². The zero-order valence-corrected chi connectivity index (χ0v) is 10.8. The van der Waals surface area contributed by atoms with Gasteiger partial charge >= 0.3 is 0 Å². The maximum Gasteiger partial charge on any atom is 0.170 e. The van der Waals surface area contributed by atoms with Gasteiger partial charge in [-0.2, -0.15) is 0 Å². The molecule has 100 valence electrons. The van der Waals surface area contributed by atoms with Gasteiger partial charge in [0.05, 0.1) is 6.61 Å². The summed E-state index contributed by atoms with van der Waals surface area (Å²) in [7, 11) is 0. The van der Waals surface area contributed by atoms with Crippen molar-refractivity contribution in [3.63, 3.8) is 0 Å². The predicted octanol–water partition coefficient (Wildman–Crippen LogP) is 1.03. The number of benzene rings is 1. The van der Waals surface area contributed by atoms with Crippen molar-refractivity contribution < 1.29 is 10.3 Å². The number of oxime groups is 1. The minimum absolute atomic E-state index is 0.0647. The second kappa shape index (κ2) is 6.37. The molecule has 18 heavy (non-hydrogen) atoms. The van der Waals surface area contributed by atoms with Crippen LogP contribution in [-0.4, -0.2) is 28.3 Å². The van der Waals surface area contributed by atoms with Crippen LogP contribution in [0.25, 0.3) is 0 Å². The molecule has 1 aromatic rings. The third-order valence-electron chi connectivity index (χ3n) is 3.24. The normalized spacial score (nSPS) is 15.4. The predicted molar refractivity (Wildman–Crippen MR) is 71.6 cm³/mol. The minimum atomic E-state index is -0.321. The molecular weight excluding hydrogens is 230 g/mol. The molecule has 0 radical (unpaired) electrons. The zero-order valence-electron chi connectivity index (χ0n) is 10.8. The largest absolute Gasteiger partial charge is 0.409 e. The van der Waals surface area contributed by atoms with E-state index >= 15 is 0 Å². The summed E-state index contributed by atoms with van der Waals surface area (Å²) in [5.41, 5.74) is 6.93. The third-order valence-corrected chi connectivity index (χ3v) is 3.24. The van der Waals surface area contributed by atoms with Gasteiger partial charge in [-0.25, -0.2) is 0 Å². The Labute approximate surface area is 107 Å². The van der Waals surface area contributed by atoms with Gasteiger partial charge in [-0.15, -0.1) is 0 Å². The molecule has 0 fully saturated rings. The molecule has 5 nitrogen and oxygen atoms in total. The average molecular weight is 251 g/mol. The molecule has 1 unspecified atom stereocenters. The molecule has 0 amide bonds. The van der Waals surface area contributed by atoms with Crippen LogP contribution in [-0.2, 0) is 6.54 Å². The van der Waals surface area contributed by atoms with E-state index in [9.17, 15) is 5.11 Å². The molecule has 1 rings (SSSR count). The summed E-state index contributed by atoms with van der Waals surface area (Å²) in [5, 5.41) is 24.4. The molecule has 0 saturated carbocycles. The van der Waals surface area contributed by atoms with Crippen LogP contribution in [0.15, 0.2) is 29.4 Å². The summed E-state index contributed by atoms with van der Waals surface area (Å²) in [5.74, 6) is 0.0922. The van der Waals surface area contributed by atoms with E-state index in [2.05, 4.69) is 10.5 Å². The van der Waals surface area contributed by atoms with Crippen LogP contribution in [0.1, 0.15) is 31.4 Å². The Morgan fingerprint density at radius 2 is 2.11 bits per heavy atom. The van der Waals surface area contributed by atoms with Crippen molar-refractivity contribution in [2.75, 3.05) is 6.61 Å². The summed E-state index contributed by atoms with van der Waals surface area (Å²) in [6, 6.07) is 7.44. The molecule has 0 heterocycles. The van der Waals surface area contributed by atoms with Crippen molar-refractivity contribution in [1.82, 2.24) is 5.32 Å². The molecule has 0 aliphatic carbocycles. The van der Waals surface area contributed by atoms with Gasteiger partial charge < -0.3 is 21.4 Å². The molecule has 0 aromatic heterocycles. The van der Waals surface area contributed by atoms with Crippen molar-refractivity contribution >= 4 is 5.84 Å². The highest BCUT2D eigenvalue weighted by atomic mass is 16.4. The van der Waals surface area contributed by atoms with Gasteiger partial charge in [0.2, 0.25) is 0 Å². The highest BCUT2D eigenvalue weighted by Crippen LogP contribution is 2.13. The van der Waals surface area contributed by atoms with Gasteiger partial charge in [-0.1, -0.05) is 36.3 Å². The Balaban J connectivity index is 2.85. The maximum atomic E-state index is 9.34. The van der Waals surface area contributed by atoms with Crippen molar-refractivity contribution in [2.24, 2.45) is 10.9 Å². The zero-order chi connectivity index (χ0) is 13.6. The van der Waals surface area contributed by atoms with E-state index in [0.29, 0.717) is 12.1 Å². The lowest BCUT2D eigenvalue weighted by molar-refractivity contribution is 0.169. The lowest BCUT2D eigenvalue weighted by Crippen LogP contribution is -2.44. The first kappa shape index (κ1) is 14.5. The Bertz CT molecular complexity index is 414. The van der Waals surface area contributed by atoms with E-state index in [0.717, 1.165) is 12.0 Å². The topological polar surface area (TPSA) is 90.9 Å². The summed E-state index contributed by atoms with van der Waals surface area (Å²) >= 11 is 0. The lowest BCUT2D eigenvalue weighted by Gasteiger charge is -2.27. The molecule has 5 N–H and O–H groups in total. The fourth-order valence-electron chi connectivity index (χ4n) is 1.58. The maximum absolute atomic E-state index is 9.34. The number of rotatable bonds is 6. The van der Waals surface area contributed by atoms with Gasteiger partial charge in [-0.3, -0.25) is 0 Å². The second-order valence-electron chi connectivity index (χ2n) is 4.57. The highest BCUT2D eigenvalue weighted by Gasteiger charge is 2.20. The first-order valence-electron chi connectivity index (χ1n) is 5.98. The number of aliphatic hydroxyl groups is 1. The first-order chi connectivity index (χ1) is 8.56. The number of amidine groups is 1.